The van der Waals surface area contributed by atoms with E-state index < -0.39 is 5.41 Å². The largest absolute Gasteiger partial charge is 0.354 e. The van der Waals surface area contributed by atoms with Gasteiger partial charge in [-0.2, -0.15) is 5.26 Å². The zero-order valence-corrected chi connectivity index (χ0v) is 10.9. The van der Waals surface area contributed by atoms with Crippen molar-refractivity contribution < 1.29 is 4.79 Å². The maximum absolute atomic E-state index is 12.1. The van der Waals surface area contributed by atoms with Gasteiger partial charge in [-0.05, 0) is 49.9 Å². The Balaban J connectivity index is 1.90. The molecule has 0 aromatic rings. The molecule has 1 amide bonds. The van der Waals surface area contributed by atoms with Gasteiger partial charge < -0.3 is 5.32 Å². The molecule has 3 nitrogen and oxygen atoms in total. The number of nitrogens with zero attached hydrogens (tertiary/aromatic N) is 1. The second-order valence-corrected chi connectivity index (χ2v) is 5.72. The third-order valence-electron chi connectivity index (χ3n) is 4.79. The second-order valence-electron chi connectivity index (χ2n) is 5.72. The van der Waals surface area contributed by atoms with E-state index in [0.29, 0.717) is 18.3 Å². The van der Waals surface area contributed by atoms with Crippen molar-refractivity contribution in [3.8, 4) is 6.07 Å². The van der Waals surface area contributed by atoms with Gasteiger partial charge in [-0.15, -0.1) is 0 Å². The minimum Gasteiger partial charge on any atom is -0.354 e. The van der Waals surface area contributed by atoms with Gasteiger partial charge in [-0.25, -0.2) is 0 Å². The summed E-state index contributed by atoms with van der Waals surface area (Å²) in [6, 6.07) is 2.20. The fourth-order valence-electron chi connectivity index (χ4n) is 2.79. The molecule has 2 rings (SSSR count). The van der Waals surface area contributed by atoms with Crippen molar-refractivity contribution in [1.29, 1.82) is 5.26 Å². The summed E-state index contributed by atoms with van der Waals surface area (Å²) in [5.74, 6) is 0.791. The van der Waals surface area contributed by atoms with Crippen molar-refractivity contribution in [3.63, 3.8) is 0 Å². The molecule has 0 aromatic heterocycles. The molecular formula is C14H22N2O. The van der Waals surface area contributed by atoms with Gasteiger partial charge in [0.15, 0.2) is 0 Å². The van der Waals surface area contributed by atoms with E-state index in [1.807, 2.05) is 13.8 Å². The molecule has 0 radical (unpaired) electrons. The van der Waals surface area contributed by atoms with Gasteiger partial charge >= 0.3 is 0 Å². The first-order valence-corrected chi connectivity index (χ1v) is 6.82. The SMILES string of the molecule is CCC(C#N)(CC)C(=O)NCC1(C2CC2)CC1. The van der Waals surface area contributed by atoms with Gasteiger partial charge in [-0.3, -0.25) is 4.79 Å². The fourth-order valence-corrected chi connectivity index (χ4v) is 2.79. The molecule has 2 fully saturated rings. The molecule has 0 unspecified atom stereocenters. The van der Waals surface area contributed by atoms with Crippen LogP contribution in [0.1, 0.15) is 52.4 Å². The quantitative estimate of drug-likeness (QED) is 0.768. The van der Waals surface area contributed by atoms with E-state index in [0.717, 1.165) is 12.5 Å². The molecule has 0 spiro atoms. The second kappa shape index (κ2) is 4.33. The molecule has 0 bridgehead atoms. The molecule has 1 N–H and O–H groups in total. The third-order valence-corrected chi connectivity index (χ3v) is 4.79. The van der Waals surface area contributed by atoms with Crippen LogP contribution in [-0.2, 0) is 4.79 Å². The zero-order valence-electron chi connectivity index (χ0n) is 10.9. The normalized spacial score (nSPS) is 21.7. The monoisotopic (exact) mass is 234 g/mol. The van der Waals surface area contributed by atoms with Crippen LogP contribution in [0.15, 0.2) is 0 Å². The van der Waals surface area contributed by atoms with Gasteiger partial charge in [-0.1, -0.05) is 13.8 Å². The van der Waals surface area contributed by atoms with E-state index >= 15 is 0 Å². The Morgan fingerprint density at radius 1 is 1.41 bits per heavy atom. The minimum absolute atomic E-state index is 0.0584. The molecule has 0 heterocycles. The van der Waals surface area contributed by atoms with Crippen molar-refractivity contribution in [3.05, 3.63) is 0 Å². The van der Waals surface area contributed by atoms with Gasteiger partial charge in [0.25, 0.3) is 0 Å². The first-order valence-electron chi connectivity index (χ1n) is 6.82. The van der Waals surface area contributed by atoms with Crippen LogP contribution in [0.5, 0.6) is 0 Å². The Labute approximate surface area is 104 Å². The number of hydrogen-bond donors (Lipinski definition) is 1. The smallest absolute Gasteiger partial charge is 0.240 e. The summed E-state index contributed by atoms with van der Waals surface area (Å²) in [5.41, 5.74) is -0.391. The summed E-state index contributed by atoms with van der Waals surface area (Å²) < 4.78 is 0. The number of nitrogens with one attached hydrogen (secondary N) is 1. The lowest BCUT2D eigenvalue weighted by atomic mass is 9.83. The summed E-state index contributed by atoms with van der Waals surface area (Å²) >= 11 is 0. The minimum atomic E-state index is -0.806. The summed E-state index contributed by atoms with van der Waals surface area (Å²) in [4.78, 5) is 12.1. The van der Waals surface area contributed by atoms with Gasteiger partial charge in [0, 0.05) is 6.54 Å². The van der Waals surface area contributed by atoms with Crippen molar-refractivity contribution in [2.24, 2.45) is 16.7 Å². The van der Waals surface area contributed by atoms with E-state index in [-0.39, 0.29) is 5.91 Å². The lowest BCUT2D eigenvalue weighted by Gasteiger charge is -2.24. The topological polar surface area (TPSA) is 52.9 Å². The van der Waals surface area contributed by atoms with Crippen molar-refractivity contribution in [1.82, 2.24) is 5.32 Å². The Kier molecular flexibility index (Phi) is 3.16. The first-order chi connectivity index (χ1) is 8.12. The molecule has 94 valence electrons. The van der Waals surface area contributed by atoms with Crippen LogP contribution in [0.2, 0.25) is 0 Å². The maximum Gasteiger partial charge on any atom is 0.240 e. The Morgan fingerprint density at radius 2 is 2.00 bits per heavy atom. The maximum atomic E-state index is 12.1. The van der Waals surface area contributed by atoms with Crippen LogP contribution in [0.3, 0.4) is 0 Å². The van der Waals surface area contributed by atoms with Gasteiger partial charge in [0.2, 0.25) is 5.91 Å². The number of nitriles is 1. The van der Waals surface area contributed by atoms with Crippen molar-refractivity contribution in [2.45, 2.75) is 52.4 Å². The number of rotatable bonds is 6. The molecule has 0 saturated heterocycles. The highest BCUT2D eigenvalue weighted by Gasteiger charge is 2.54. The van der Waals surface area contributed by atoms with Gasteiger partial charge in [0.05, 0.1) is 6.07 Å². The van der Waals surface area contributed by atoms with Crippen molar-refractivity contribution >= 4 is 5.91 Å². The molecule has 3 heteroatoms. The highest BCUT2D eigenvalue weighted by molar-refractivity contribution is 5.85. The average Bonchev–Trinajstić information content (AvgIpc) is 3.20. The van der Waals surface area contributed by atoms with E-state index in [2.05, 4.69) is 11.4 Å². The molecular weight excluding hydrogens is 212 g/mol. The summed E-state index contributed by atoms with van der Waals surface area (Å²) in [6.45, 7) is 4.63. The van der Waals surface area contributed by atoms with Crippen LogP contribution in [0, 0.1) is 28.1 Å². The predicted molar refractivity (Wildman–Crippen MR) is 66.0 cm³/mol. The number of amides is 1. The molecule has 0 aromatic carbocycles. The lowest BCUT2D eigenvalue weighted by molar-refractivity contribution is -0.128. The van der Waals surface area contributed by atoms with Crippen LogP contribution in [0.25, 0.3) is 0 Å². The highest BCUT2D eigenvalue weighted by atomic mass is 16.2. The van der Waals surface area contributed by atoms with E-state index in [1.54, 1.807) is 0 Å². The number of carbonyl (C=O) groups excluding carboxylic acids is 1. The molecule has 2 aliphatic rings. The third kappa shape index (κ3) is 2.18. The Morgan fingerprint density at radius 3 is 2.35 bits per heavy atom. The predicted octanol–water partition coefficient (Wildman–Crippen LogP) is 2.62. The van der Waals surface area contributed by atoms with E-state index in [9.17, 15) is 10.1 Å². The number of carbonyl (C=O) groups is 1. The zero-order chi connectivity index (χ0) is 12.5. The summed E-state index contributed by atoms with van der Waals surface area (Å²) in [6.07, 6.45) is 6.39. The molecule has 2 saturated carbocycles. The van der Waals surface area contributed by atoms with E-state index in [4.69, 9.17) is 0 Å². The standard InChI is InChI=1S/C14H22N2O/c1-3-13(4-2,9-15)12(17)16-10-14(7-8-14)11-5-6-11/h11H,3-8,10H2,1-2H3,(H,16,17). The molecule has 0 aliphatic heterocycles. The van der Waals surface area contributed by atoms with Crippen LogP contribution in [0.4, 0.5) is 0 Å². The van der Waals surface area contributed by atoms with Crippen LogP contribution < -0.4 is 5.32 Å². The molecule has 17 heavy (non-hydrogen) atoms. The van der Waals surface area contributed by atoms with Crippen LogP contribution >= 0.6 is 0 Å². The first kappa shape index (κ1) is 12.4. The lowest BCUT2D eigenvalue weighted by Crippen LogP contribution is -2.42. The average molecular weight is 234 g/mol. The summed E-state index contributed by atoms with van der Waals surface area (Å²) in [7, 11) is 0. The fraction of sp³-hybridized carbons (Fsp3) is 0.857. The van der Waals surface area contributed by atoms with Crippen LogP contribution in [-0.4, -0.2) is 12.5 Å². The number of hydrogen-bond acceptors (Lipinski definition) is 2. The Hall–Kier alpha value is -1.04. The summed E-state index contributed by atoms with van der Waals surface area (Å²) in [5, 5.41) is 12.2. The van der Waals surface area contributed by atoms with Gasteiger partial charge in [0.1, 0.15) is 5.41 Å². The van der Waals surface area contributed by atoms with Crippen molar-refractivity contribution in [2.75, 3.05) is 6.54 Å². The Bertz CT molecular complexity index is 344. The molecule has 2 aliphatic carbocycles. The highest BCUT2D eigenvalue weighted by Crippen LogP contribution is 2.60. The van der Waals surface area contributed by atoms with E-state index in [1.165, 1.54) is 25.7 Å². The molecule has 0 atom stereocenters.